The molecule has 0 saturated heterocycles. The molecule has 0 aliphatic heterocycles. The molecule has 0 aliphatic carbocycles. The number of hydrogen-bond acceptors (Lipinski definition) is 5. The molecular formula is C45H28N2O2S. The molecule has 0 aliphatic rings. The summed E-state index contributed by atoms with van der Waals surface area (Å²) in [6.07, 6.45) is 0. The predicted octanol–water partition coefficient (Wildman–Crippen LogP) is 13.4. The molecule has 10 rings (SSSR count). The van der Waals surface area contributed by atoms with Crippen LogP contribution in [0.4, 0.5) is 17.1 Å². The number of hydrogen-bond donors (Lipinski definition) is 0. The Kier molecular flexibility index (Phi) is 6.64. The number of para-hydroxylation sites is 3. The molecule has 0 atom stereocenters. The molecule has 3 aromatic heterocycles. The highest BCUT2D eigenvalue weighted by atomic mass is 32.1. The fourth-order valence-electron chi connectivity index (χ4n) is 6.80. The minimum absolute atomic E-state index is 0.614. The second-order valence-electron chi connectivity index (χ2n) is 12.4. The Balaban J connectivity index is 1.02. The highest BCUT2D eigenvalue weighted by Crippen LogP contribution is 2.40. The number of furan rings is 1. The van der Waals surface area contributed by atoms with Gasteiger partial charge in [-0.3, -0.25) is 0 Å². The Bertz CT molecular complexity index is 2620. The monoisotopic (exact) mass is 660 g/mol. The van der Waals surface area contributed by atoms with E-state index < -0.39 is 0 Å². The summed E-state index contributed by atoms with van der Waals surface area (Å²) in [6, 6.07) is 59.4. The molecule has 0 radical (unpaired) electrons. The number of oxazole rings is 1. The van der Waals surface area contributed by atoms with E-state index in [1.807, 2.05) is 47.7 Å². The summed E-state index contributed by atoms with van der Waals surface area (Å²) in [7, 11) is 0. The zero-order chi connectivity index (χ0) is 33.0. The summed E-state index contributed by atoms with van der Waals surface area (Å²) >= 11 is 1.82. The summed E-state index contributed by atoms with van der Waals surface area (Å²) < 4.78 is 13.6. The van der Waals surface area contributed by atoms with E-state index >= 15 is 0 Å². The molecule has 50 heavy (non-hydrogen) atoms. The van der Waals surface area contributed by atoms with Crippen molar-refractivity contribution in [3.05, 3.63) is 170 Å². The summed E-state index contributed by atoms with van der Waals surface area (Å²) in [5.41, 5.74) is 11.0. The maximum Gasteiger partial charge on any atom is 0.227 e. The maximum atomic E-state index is 6.19. The topological polar surface area (TPSA) is 42.4 Å². The average molecular weight is 661 g/mol. The molecule has 0 fully saturated rings. The van der Waals surface area contributed by atoms with E-state index in [-0.39, 0.29) is 0 Å². The van der Waals surface area contributed by atoms with Crippen molar-refractivity contribution in [2.24, 2.45) is 0 Å². The first kappa shape index (κ1) is 28.6. The lowest BCUT2D eigenvalue weighted by Gasteiger charge is -2.26. The molecule has 0 saturated carbocycles. The number of rotatable bonds is 6. The maximum absolute atomic E-state index is 6.19. The SMILES string of the molecule is c1ccc2sc(-c3ccc(N(c4ccc(-c5ccc6c(c5)oc5ccccc56)cc4)c4ccc(-c5nc6ccccc6o5)cc4)cc3)cc2c1. The first-order valence-corrected chi connectivity index (χ1v) is 17.4. The van der Waals surface area contributed by atoms with Crippen molar-refractivity contribution in [2.75, 3.05) is 4.90 Å². The average Bonchev–Trinajstić information content (AvgIpc) is 3.91. The van der Waals surface area contributed by atoms with Gasteiger partial charge in [0.2, 0.25) is 5.89 Å². The smallest absolute Gasteiger partial charge is 0.227 e. The zero-order valence-corrected chi connectivity index (χ0v) is 27.6. The highest BCUT2D eigenvalue weighted by Gasteiger charge is 2.16. The fourth-order valence-corrected chi connectivity index (χ4v) is 7.87. The van der Waals surface area contributed by atoms with Crippen LogP contribution in [0.15, 0.2) is 179 Å². The number of nitrogens with zero attached hydrogens (tertiary/aromatic N) is 2. The Morgan fingerprint density at radius 3 is 1.78 bits per heavy atom. The predicted molar refractivity (Wildman–Crippen MR) is 208 cm³/mol. The molecule has 0 unspecified atom stereocenters. The third-order valence-corrected chi connectivity index (χ3v) is 10.5. The van der Waals surface area contributed by atoms with Crippen molar-refractivity contribution in [1.29, 1.82) is 0 Å². The number of fused-ring (bicyclic) bond motifs is 5. The van der Waals surface area contributed by atoms with E-state index in [1.54, 1.807) is 0 Å². The van der Waals surface area contributed by atoms with Crippen LogP contribution in [0.25, 0.3) is 76.1 Å². The number of benzene rings is 7. The van der Waals surface area contributed by atoms with E-state index in [2.05, 4.69) is 138 Å². The lowest BCUT2D eigenvalue weighted by Crippen LogP contribution is -2.09. The van der Waals surface area contributed by atoms with Crippen LogP contribution in [0.2, 0.25) is 0 Å². The molecule has 0 bridgehead atoms. The van der Waals surface area contributed by atoms with Gasteiger partial charge in [-0.25, -0.2) is 4.98 Å². The molecule has 10 aromatic rings. The van der Waals surface area contributed by atoms with E-state index in [9.17, 15) is 0 Å². The minimum atomic E-state index is 0.614. The fraction of sp³-hybridized carbons (Fsp3) is 0. The quantitative estimate of drug-likeness (QED) is 0.178. The molecule has 236 valence electrons. The highest BCUT2D eigenvalue weighted by molar-refractivity contribution is 7.22. The van der Waals surface area contributed by atoms with E-state index in [1.165, 1.54) is 20.5 Å². The Morgan fingerprint density at radius 2 is 1.04 bits per heavy atom. The molecule has 7 aromatic carbocycles. The lowest BCUT2D eigenvalue weighted by molar-refractivity contribution is 0.620. The van der Waals surface area contributed by atoms with Gasteiger partial charge in [-0.2, -0.15) is 0 Å². The number of anilines is 3. The van der Waals surface area contributed by atoms with Gasteiger partial charge in [-0.05, 0) is 113 Å². The Labute approximate surface area is 292 Å². The molecule has 0 spiro atoms. The standard InChI is InChI=1S/C45H28N2O2S/c1-6-12-43-33(7-1)28-44(50-43)30-15-22-35(23-16-30)47(36-24-17-31(18-25-36)45-46-39-9-3-5-11-41(39)49-45)34-20-13-29(14-21-34)32-19-26-38-37-8-2-4-10-40(37)48-42(38)27-32/h1-28H. The first-order valence-electron chi connectivity index (χ1n) is 16.6. The van der Waals surface area contributed by atoms with E-state index in [4.69, 9.17) is 13.8 Å². The molecule has 0 amide bonds. The van der Waals surface area contributed by atoms with Gasteiger partial charge in [0.25, 0.3) is 0 Å². The molecular weight excluding hydrogens is 633 g/mol. The zero-order valence-electron chi connectivity index (χ0n) is 26.8. The first-order chi connectivity index (χ1) is 24.7. The summed E-state index contributed by atoms with van der Waals surface area (Å²) in [5.74, 6) is 0.614. The van der Waals surface area contributed by atoms with Crippen molar-refractivity contribution in [2.45, 2.75) is 0 Å². The lowest BCUT2D eigenvalue weighted by atomic mass is 10.0. The van der Waals surface area contributed by atoms with Crippen LogP contribution in [-0.4, -0.2) is 4.98 Å². The minimum Gasteiger partial charge on any atom is -0.456 e. The van der Waals surface area contributed by atoms with Crippen LogP contribution in [-0.2, 0) is 0 Å². The van der Waals surface area contributed by atoms with Crippen molar-refractivity contribution in [3.63, 3.8) is 0 Å². The molecule has 0 N–H and O–H groups in total. The molecule has 3 heterocycles. The van der Waals surface area contributed by atoms with Gasteiger partial charge in [-0.1, -0.05) is 78.9 Å². The summed E-state index contributed by atoms with van der Waals surface area (Å²) in [5, 5.41) is 3.55. The van der Waals surface area contributed by atoms with Crippen LogP contribution in [0.3, 0.4) is 0 Å². The third-order valence-electron chi connectivity index (χ3n) is 9.34. The molecule has 5 heteroatoms. The van der Waals surface area contributed by atoms with Gasteiger partial charge in [0, 0.05) is 43.0 Å². The second kappa shape index (κ2) is 11.6. The van der Waals surface area contributed by atoms with Gasteiger partial charge in [0.05, 0.1) is 0 Å². The van der Waals surface area contributed by atoms with Gasteiger partial charge < -0.3 is 13.7 Å². The number of aromatic nitrogens is 1. The van der Waals surface area contributed by atoms with Crippen LogP contribution >= 0.6 is 11.3 Å². The van der Waals surface area contributed by atoms with Gasteiger partial charge in [0.15, 0.2) is 5.58 Å². The largest absolute Gasteiger partial charge is 0.456 e. The third kappa shape index (κ3) is 4.95. The van der Waals surface area contributed by atoms with Crippen LogP contribution < -0.4 is 4.90 Å². The van der Waals surface area contributed by atoms with Crippen molar-refractivity contribution < 1.29 is 8.83 Å². The summed E-state index contributed by atoms with van der Waals surface area (Å²) in [6.45, 7) is 0. The number of thiophene rings is 1. The second-order valence-corrected chi connectivity index (χ2v) is 13.5. The van der Waals surface area contributed by atoms with Crippen molar-refractivity contribution in [3.8, 4) is 33.0 Å². The molecule has 4 nitrogen and oxygen atoms in total. The van der Waals surface area contributed by atoms with Crippen LogP contribution in [0, 0.1) is 0 Å². The van der Waals surface area contributed by atoms with E-state index in [0.717, 1.165) is 66.8 Å². The normalized spacial score (nSPS) is 11.6. The van der Waals surface area contributed by atoms with E-state index in [0.29, 0.717) is 5.89 Å². The summed E-state index contributed by atoms with van der Waals surface area (Å²) in [4.78, 5) is 8.26. The van der Waals surface area contributed by atoms with Crippen LogP contribution in [0.1, 0.15) is 0 Å². The van der Waals surface area contributed by atoms with Crippen molar-refractivity contribution >= 4 is 71.5 Å². The van der Waals surface area contributed by atoms with Gasteiger partial charge >= 0.3 is 0 Å². The van der Waals surface area contributed by atoms with Crippen molar-refractivity contribution in [1.82, 2.24) is 4.98 Å². The Morgan fingerprint density at radius 1 is 0.440 bits per heavy atom. The van der Waals surface area contributed by atoms with Crippen LogP contribution in [0.5, 0.6) is 0 Å². The van der Waals surface area contributed by atoms with Gasteiger partial charge in [0.1, 0.15) is 16.7 Å². The van der Waals surface area contributed by atoms with Gasteiger partial charge in [-0.15, -0.1) is 11.3 Å². The Hall–Kier alpha value is -6.43.